The van der Waals surface area contributed by atoms with Crippen LogP contribution in [0, 0.1) is 7.43 Å². The maximum absolute atomic E-state index is 12.2. The maximum Gasteiger partial charge on any atom is 0.410 e. The molecule has 1 fully saturated rings. The molecule has 1 atom stereocenters. The normalized spacial score (nSPS) is 14.5. The van der Waals surface area contributed by atoms with Crippen molar-refractivity contribution in [2.45, 2.75) is 90.8 Å². The van der Waals surface area contributed by atoms with Crippen LogP contribution in [0.25, 0.3) is 5.57 Å². The van der Waals surface area contributed by atoms with Crippen LogP contribution in [0.2, 0.25) is 0 Å². The van der Waals surface area contributed by atoms with Crippen molar-refractivity contribution in [1.29, 1.82) is 0 Å². The zero-order chi connectivity index (χ0) is 42.3. The number of likely N-dealkylation sites (tertiary alicyclic amines) is 1. The molecule has 6 heterocycles. The van der Waals surface area contributed by atoms with Crippen LogP contribution < -0.4 is 0 Å². The summed E-state index contributed by atoms with van der Waals surface area (Å²) in [4.78, 5) is 60.4. The molecule has 0 bridgehead atoms. The second kappa shape index (κ2) is 24.1. The van der Waals surface area contributed by atoms with Gasteiger partial charge in [-0.15, -0.1) is 0 Å². The van der Waals surface area contributed by atoms with Gasteiger partial charge in [-0.25, -0.2) is 9.59 Å². The number of aliphatic hydroxyl groups excluding tert-OH is 1. The summed E-state index contributed by atoms with van der Waals surface area (Å²) < 4.78 is 10.8. The zero-order valence-electron chi connectivity index (χ0n) is 35.7. The second-order valence-corrected chi connectivity index (χ2v) is 15.8. The van der Waals surface area contributed by atoms with E-state index >= 15 is 0 Å². The minimum absolute atomic E-state index is 0. The van der Waals surface area contributed by atoms with E-state index < -0.39 is 11.2 Å². The zero-order valence-corrected chi connectivity index (χ0v) is 37.3. The Morgan fingerprint density at radius 2 is 1.18 bits per heavy atom. The van der Waals surface area contributed by atoms with Crippen LogP contribution in [-0.4, -0.2) is 114 Å². The molecule has 0 aromatic carbocycles. The number of ether oxygens (including phenoxy) is 2. The van der Waals surface area contributed by atoms with Crippen LogP contribution >= 0.6 is 0 Å². The van der Waals surface area contributed by atoms with Gasteiger partial charge in [0.25, 0.3) is 0 Å². The second-order valence-electron chi connectivity index (χ2n) is 15.8. The molecule has 2 aliphatic rings. The van der Waals surface area contributed by atoms with Gasteiger partial charge in [0.05, 0.1) is 42.2 Å². The van der Waals surface area contributed by atoms with Crippen molar-refractivity contribution in [3.05, 3.63) is 121 Å². The molecular formula is C44H59N8O7Pd-. The topological polar surface area (TPSA) is 191 Å². The number of ketones is 2. The summed E-state index contributed by atoms with van der Waals surface area (Å²) in [5, 5.41) is 23.9. The number of nitrogens with zero attached hydrogens (tertiary/aromatic N) is 8. The molecule has 6 rings (SSSR count). The van der Waals surface area contributed by atoms with Gasteiger partial charge in [0.2, 0.25) is 0 Å². The number of carbonyl (C=O) groups is 4. The Morgan fingerprint density at radius 1 is 0.683 bits per heavy atom. The number of aliphatic hydroxyl groups is 1. The third-order valence-corrected chi connectivity index (χ3v) is 8.58. The van der Waals surface area contributed by atoms with E-state index in [0.29, 0.717) is 43.3 Å². The van der Waals surface area contributed by atoms with Crippen LogP contribution in [0.3, 0.4) is 0 Å². The molecular weight excluding hydrogens is 859 g/mol. The Balaban J connectivity index is 0.000000560. The van der Waals surface area contributed by atoms with Crippen LogP contribution in [0.4, 0.5) is 9.59 Å². The molecule has 2 aliphatic heterocycles. The third-order valence-electron chi connectivity index (χ3n) is 8.58. The summed E-state index contributed by atoms with van der Waals surface area (Å²) in [6, 6.07) is 18.4. The summed E-state index contributed by atoms with van der Waals surface area (Å²) in [7, 11) is 1.00. The Hall–Kier alpha value is -5.30. The van der Waals surface area contributed by atoms with Crippen molar-refractivity contribution < 1.29 is 55.6 Å². The van der Waals surface area contributed by atoms with Gasteiger partial charge in [-0.05, 0) is 102 Å². The van der Waals surface area contributed by atoms with Gasteiger partial charge in [-0.3, -0.25) is 19.6 Å². The molecule has 1 N–H and O–H groups in total. The monoisotopic (exact) mass is 917 g/mol. The van der Waals surface area contributed by atoms with E-state index in [1.807, 2.05) is 102 Å². The maximum atomic E-state index is 12.2. The van der Waals surface area contributed by atoms with Gasteiger partial charge in [0.15, 0.2) is 0 Å². The quantitative estimate of drug-likeness (QED) is 0.142. The molecule has 1 unspecified atom stereocenters. The number of aromatic nitrogens is 6. The number of carbonyl (C=O) groups excluding carboxylic acids is 4. The van der Waals surface area contributed by atoms with Crippen LogP contribution in [0.15, 0.2) is 79.1 Å². The Labute approximate surface area is 368 Å². The predicted octanol–water partition coefficient (Wildman–Crippen LogP) is 6.11. The molecule has 0 saturated carbocycles. The van der Waals surface area contributed by atoms with E-state index in [2.05, 4.69) is 30.4 Å². The number of hydrogen-bond acceptors (Lipinski definition) is 13. The fraction of sp³-hybridized carbons (Fsp3) is 0.432. The first-order valence-corrected chi connectivity index (χ1v) is 19.2. The minimum Gasteiger partial charge on any atom is -0.444 e. The summed E-state index contributed by atoms with van der Waals surface area (Å²) in [5.41, 5.74) is 4.20. The molecule has 0 spiro atoms. The summed E-state index contributed by atoms with van der Waals surface area (Å²) in [5.74, 6) is 0.230. The van der Waals surface area contributed by atoms with Gasteiger partial charge in [-0.1, -0.05) is 18.2 Å². The number of Topliss-reactive ketones (excluding diaryl/α,β-unsaturated/α-hetero) is 2. The fourth-order valence-corrected chi connectivity index (χ4v) is 5.95. The average Bonchev–Trinajstić information content (AvgIpc) is 3.88. The van der Waals surface area contributed by atoms with Crippen molar-refractivity contribution in [1.82, 2.24) is 40.2 Å². The van der Waals surface area contributed by atoms with Gasteiger partial charge in [0, 0.05) is 91.1 Å². The van der Waals surface area contributed by atoms with Gasteiger partial charge in [0.1, 0.15) is 22.8 Å². The van der Waals surface area contributed by atoms with Crippen LogP contribution in [-0.2, 0) is 65.2 Å². The minimum atomic E-state index is -0.525. The molecule has 15 nitrogen and oxygen atoms in total. The van der Waals surface area contributed by atoms with E-state index in [-0.39, 0.29) is 84.6 Å². The molecule has 1 saturated heterocycles. The number of hydrogen-bond donors (Lipinski definition) is 1. The first-order chi connectivity index (χ1) is 27.6. The van der Waals surface area contributed by atoms with Gasteiger partial charge < -0.3 is 31.8 Å². The summed E-state index contributed by atoms with van der Waals surface area (Å²) in [6.07, 6.45) is 6.50. The standard InChI is InChI=1S/C21H26N4O3.C21H24N4O3.CH4O.CH3.Pd.H2/c2*1-21(2,3)28-20(27)25-11-9-15(14-25)19-8-7-17(23-24-19)13-18(26)12-16-6-4-5-10-22-16;1-2;;;/h4-8,10,15H,9,11-14H2,1-3H3;4-10H,11-14H2,1-3H3;2H,1H3;1H3;;1H/q;;;-1;;. The van der Waals surface area contributed by atoms with E-state index in [9.17, 15) is 19.2 Å². The van der Waals surface area contributed by atoms with Crippen molar-refractivity contribution in [3.63, 3.8) is 0 Å². The first kappa shape index (κ1) is 50.8. The molecule has 0 radical (unpaired) electrons. The van der Waals surface area contributed by atoms with Crippen LogP contribution in [0.5, 0.6) is 0 Å². The number of rotatable bonds is 10. The summed E-state index contributed by atoms with van der Waals surface area (Å²) in [6.45, 7) is 13.2. The van der Waals surface area contributed by atoms with Crippen LogP contribution in [0.1, 0.15) is 89.5 Å². The Kier molecular flexibility index (Phi) is 20.4. The van der Waals surface area contributed by atoms with Crippen molar-refractivity contribution in [2.75, 3.05) is 33.3 Å². The Morgan fingerprint density at radius 3 is 1.63 bits per heavy atom. The molecule has 328 valence electrons. The van der Waals surface area contributed by atoms with Crippen molar-refractivity contribution in [2.24, 2.45) is 0 Å². The van der Waals surface area contributed by atoms with E-state index in [1.54, 1.807) is 28.3 Å². The van der Waals surface area contributed by atoms with E-state index in [1.165, 1.54) is 0 Å². The SMILES string of the molecule is CC(C)(C)OC(=O)N1CC=C(c2ccc(CC(=O)Cc3ccccn3)nn2)C1.CC(C)(C)OC(=O)N1CCC(c2ccc(CC(=O)Cc3ccccn3)nn2)C1.CO.[CH3-].[HH].[Pd]. The molecule has 16 heteroatoms. The largest absolute Gasteiger partial charge is 0.444 e. The molecule has 0 aliphatic carbocycles. The smallest absolute Gasteiger partial charge is 0.410 e. The first-order valence-electron chi connectivity index (χ1n) is 19.2. The predicted molar refractivity (Wildman–Crippen MR) is 225 cm³/mol. The molecule has 60 heavy (non-hydrogen) atoms. The van der Waals surface area contributed by atoms with Gasteiger partial charge >= 0.3 is 12.2 Å². The average molecular weight is 918 g/mol. The van der Waals surface area contributed by atoms with E-state index in [4.69, 9.17) is 14.6 Å². The summed E-state index contributed by atoms with van der Waals surface area (Å²) >= 11 is 0. The Bertz CT molecular complexity index is 1970. The van der Waals surface area contributed by atoms with Crippen molar-refractivity contribution in [3.8, 4) is 0 Å². The van der Waals surface area contributed by atoms with Gasteiger partial charge in [-0.2, -0.15) is 20.4 Å². The van der Waals surface area contributed by atoms with Crippen molar-refractivity contribution >= 4 is 29.3 Å². The number of amides is 2. The fourth-order valence-electron chi connectivity index (χ4n) is 5.95. The van der Waals surface area contributed by atoms with E-state index in [0.717, 1.165) is 36.2 Å². The molecule has 4 aromatic heterocycles. The molecule has 4 aromatic rings. The number of pyridine rings is 2. The third kappa shape index (κ3) is 17.1. The molecule has 2 amide bonds.